The van der Waals surface area contributed by atoms with Crippen molar-refractivity contribution in [3.8, 4) is 0 Å². The van der Waals surface area contributed by atoms with Gasteiger partial charge in [0.25, 0.3) is 0 Å². The van der Waals surface area contributed by atoms with Crippen LogP contribution in [0.2, 0.25) is 0 Å². The molecule has 0 aliphatic carbocycles. The molecule has 0 aromatic carbocycles. The van der Waals surface area contributed by atoms with Crippen molar-refractivity contribution in [3.63, 3.8) is 0 Å². The topological polar surface area (TPSA) is 78.9 Å². The molecular weight excluding hydrogens is 889 g/mol. The molecule has 0 bridgehead atoms. The number of carbonyl (C=O) groups excluding carboxylic acids is 3. The van der Waals surface area contributed by atoms with Gasteiger partial charge in [-0.05, 0) is 109 Å². The van der Waals surface area contributed by atoms with Gasteiger partial charge in [-0.3, -0.25) is 14.4 Å². The second-order valence-corrected chi connectivity index (χ2v) is 20.2. The lowest BCUT2D eigenvalue weighted by molar-refractivity contribution is -0.167. The van der Waals surface area contributed by atoms with E-state index in [0.29, 0.717) is 19.3 Å². The Bertz CT molecular complexity index is 1380. The lowest BCUT2D eigenvalue weighted by Gasteiger charge is -2.18. The van der Waals surface area contributed by atoms with Crippen molar-refractivity contribution in [2.45, 2.75) is 303 Å². The van der Waals surface area contributed by atoms with Crippen molar-refractivity contribution in [2.24, 2.45) is 0 Å². The summed E-state index contributed by atoms with van der Waals surface area (Å²) < 4.78 is 16.9. The van der Waals surface area contributed by atoms with E-state index < -0.39 is 6.10 Å². The Balaban J connectivity index is 4.31. The molecule has 0 fully saturated rings. The van der Waals surface area contributed by atoms with Crippen molar-refractivity contribution in [2.75, 3.05) is 13.2 Å². The van der Waals surface area contributed by atoms with Crippen LogP contribution in [-0.2, 0) is 28.6 Å². The van der Waals surface area contributed by atoms with Gasteiger partial charge in [0.2, 0.25) is 0 Å². The number of carbonyl (C=O) groups is 3. The quantitative estimate of drug-likeness (QED) is 0.0261. The minimum absolute atomic E-state index is 0.0878. The predicted octanol–water partition coefficient (Wildman–Crippen LogP) is 20.7. The average molecular weight is 1000 g/mol. The first kappa shape index (κ1) is 68.6. The van der Waals surface area contributed by atoms with Gasteiger partial charge in [0.1, 0.15) is 13.2 Å². The molecule has 6 nitrogen and oxygen atoms in total. The van der Waals surface area contributed by atoms with E-state index in [2.05, 4.69) is 106 Å². The number of allylic oxidation sites excluding steroid dienone is 14. The number of ether oxygens (including phenoxy) is 3. The van der Waals surface area contributed by atoms with Crippen molar-refractivity contribution in [1.29, 1.82) is 0 Å². The molecule has 1 unspecified atom stereocenters. The largest absolute Gasteiger partial charge is 0.462 e. The average Bonchev–Trinajstić information content (AvgIpc) is 3.38. The number of rotatable bonds is 55. The summed E-state index contributed by atoms with van der Waals surface area (Å²) in [4.78, 5) is 38.2. The van der Waals surface area contributed by atoms with Gasteiger partial charge in [0.05, 0.1) is 0 Å². The van der Waals surface area contributed by atoms with E-state index in [-0.39, 0.29) is 31.1 Å². The summed E-state index contributed by atoms with van der Waals surface area (Å²) >= 11 is 0. The summed E-state index contributed by atoms with van der Waals surface area (Å²) in [6.07, 6.45) is 78.7. The SMILES string of the molecule is CC/C=C\C/C=C\C/C=C\CCCCCCCC(=O)OC(COC(=O)CCCCCCC/C=C\C/C=C\CCCC)COC(=O)CCCCCCCCCCCCCCC/C=C\C/C=C\CCCCCCC. The molecular formula is C66H114O6. The normalized spacial score (nSPS) is 12.7. The standard InChI is InChI=1S/C66H114O6/c1-4-7-10-13-16-19-22-25-28-29-30-31-32-33-34-35-36-37-39-41-44-47-50-53-56-59-65(68)71-62-63(61-70-64(67)58-55-52-49-46-43-40-27-24-21-18-15-12-9-6-3)72-66(69)60-57-54-51-48-45-42-38-26-23-20-17-14-11-8-5-2/h8,11,15,17-18,20,22,24-27,29-30,38,63H,4-7,9-10,12-14,16,19,21,23,28,31-37,39-62H2,1-3H3/b11-8-,18-15-,20-17-,25-22-,27-24-,30-29-,38-26-. The fraction of sp³-hybridized carbons (Fsp3) is 0.742. The van der Waals surface area contributed by atoms with Gasteiger partial charge in [-0.25, -0.2) is 0 Å². The third kappa shape index (κ3) is 57.5. The summed E-state index contributed by atoms with van der Waals surface area (Å²) in [6, 6.07) is 0. The highest BCUT2D eigenvalue weighted by Gasteiger charge is 2.19. The molecule has 0 spiro atoms. The number of hydrogen-bond acceptors (Lipinski definition) is 6. The molecule has 0 radical (unpaired) electrons. The highest BCUT2D eigenvalue weighted by Crippen LogP contribution is 2.16. The third-order valence-corrected chi connectivity index (χ3v) is 13.1. The fourth-order valence-electron chi connectivity index (χ4n) is 8.50. The third-order valence-electron chi connectivity index (χ3n) is 13.1. The number of esters is 3. The molecule has 1 atom stereocenters. The van der Waals surface area contributed by atoms with Crippen molar-refractivity contribution in [1.82, 2.24) is 0 Å². The minimum atomic E-state index is -0.792. The summed E-state index contributed by atoms with van der Waals surface area (Å²) in [6.45, 7) is 6.47. The summed E-state index contributed by atoms with van der Waals surface area (Å²) in [5, 5.41) is 0. The van der Waals surface area contributed by atoms with Gasteiger partial charge >= 0.3 is 17.9 Å². The molecule has 414 valence electrons. The number of unbranched alkanes of at least 4 members (excludes halogenated alkanes) is 30. The molecule has 0 aromatic heterocycles. The van der Waals surface area contributed by atoms with E-state index in [9.17, 15) is 14.4 Å². The van der Waals surface area contributed by atoms with Crippen molar-refractivity contribution in [3.05, 3.63) is 85.1 Å². The Morgan fingerprint density at radius 3 is 0.889 bits per heavy atom. The second kappa shape index (κ2) is 60.1. The van der Waals surface area contributed by atoms with Crippen LogP contribution in [0.4, 0.5) is 0 Å². The number of hydrogen-bond donors (Lipinski definition) is 0. The smallest absolute Gasteiger partial charge is 0.306 e. The van der Waals surface area contributed by atoms with E-state index in [1.54, 1.807) is 0 Å². The Hall–Kier alpha value is -3.41. The zero-order chi connectivity index (χ0) is 52.2. The van der Waals surface area contributed by atoms with Crippen LogP contribution in [-0.4, -0.2) is 37.2 Å². The van der Waals surface area contributed by atoms with Crippen LogP contribution in [0.15, 0.2) is 85.1 Å². The van der Waals surface area contributed by atoms with Gasteiger partial charge in [-0.15, -0.1) is 0 Å². The van der Waals surface area contributed by atoms with Crippen LogP contribution in [0.25, 0.3) is 0 Å². The second-order valence-electron chi connectivity index (χ2n) is 20.2. The van der Waals surface area contributed by atoms with E-state index in [0.717, 1.165) is 128 Å². The molecule has 72 heavy (non-hydrogen) atoms. The molecule has 0 heterocycles. The minimum Gasteiger partial charge on any atom is -0.462 e. The van der Waals surface area contributed by atoms with Crippen LogP contribution in [0.1, 0.15) is 297 Å². The van der Waals surface area contributed by atoms with Gasteiger partial charge in [-0.2, -0.15) is 0 Å². The first-order valence-electron chi connectivity index (χ1n) is 30.6. The van der Waals surface area contributed by atoms with E-state index >= 15 is 0 Å². The molecule has 0 N–H and O–H groups in total. The zero-order valence-electron chi connectivity index (χ0n) is 47.4. The Morgan fingerprint density at radius 1 is 0.292 bits per heavy atom. The summed E-state index contributed by atoms with van der Waals surface area (Å²) in [5.74, 6) is -0.912. The summed E-state index contributed by atoms with van der Waals surface area (Å²) in [7, 11) is 0. The van der Waals surface area contributed by atoms with Crippen LogP contribution in [0.5, 0.6) is 0 Å². The van der Waals surface area contributed by atoms with Gasteiger partial charge in [0.15, 0.2) is 6.10 Å². The lowest BCUT2D eigenvalue weighted by atomic mass is 10.0. The Morgan fingerprint density at radius 2 is 0.556 bits per heavy atom. The maximum Gasteiger partial charge on any atom is 0.306 e. The van der Waals surface area contributed by atoms with Crippen LogP contribution in [0.3, 0.4) is 0 Å². The molecule has 0 saturated carbocycles. The molecule has 0 aromatic rings. The highest BCUT2D eigenvalue weighted by atomic mass is 16.6. The molecule has 6 heteroatoms. The van der Waals surface area contributed by atoms with Crippen molar-refractivity contribution >= 4 is 17.9 Å². The van der Waals surface area contributed by atoms with E-state index in [4.69, 9.17) is 14.2 Å². The monoisotopic (exact) mass is 1000 g/mol. The Kier molecular flexibility index (Phi) is 57.3. The highest BCUT2D eigenvalue weighted by molar-refractivity contribution is 5.71. The summed E-state index contributed by atoms with van der Waals surface area (Å²) in [5.41, 5.74) is 0. The van der Waals surface area contributed by atoms with Crippen LogP contribution >= 0.6 is 0 Å². The van der Waals surface area contributed by atoms with Crippen LogP contribution < -0.4 is 0 Å². The predicted molar refractivity (Wildman–Crippen MR) is 311 cm³/mol. The Labute approximate surface area is 445 Å². The first-order valence-corrected chi connectivity index (χ1v) is 30.6. The van der Waals surface area contributed by atoms with E-state index in [1.807, 2.05) is 0 Å². The maximum atomic E-state index is 12.9. The molecule has 0 aliphatic rings. The maximum absolute atomic E-state index is 12.9. The zero-order valence-corrected chi connectivity index (χ0v) is 47.4. The lowest BCUT2D eigenvalue weighted by Crippen LogP contribution is -2.30. The molecule has 0 rings (SSSR count). The molecule has 0 saturated heterocycles. The van der Waals surface area contributed by atoms with E-state index in [1.165, 1.54) is 128 Å². The van der Waals surface area contributed by atoms with Gasteiger partial charge < -0.3 is 14.2 Å². The fourth-order valence-corrected chi connectivity index (χ4v) is 8.50. The first-order chi connectivity index (χ1) is 35.5. The molecule has 0 amide bonds. The van der Waals surface area contributed by atoms with Gasteiger partial charge in [0, 0.05) is 19.3 Å². The van der Waals surface area contributed by atoms with Crippen LogP contribution in [0, 0.1) is 0 Å². The van der Waals surface area contributed by atoms with Crippen molar-refractivity contribution < 1.29 is 28.6 Å². The molecule has 0 aliphatic heterocycles. The van der Waals surface area contributed by atoms with Gasteiger partial charge in [-0.1, -0.05) is 254 Å².